The maximum absolute atomic E-state index is 13.2. The van der Waals surface area contributed by atoms with Gasteiger partial charge in [0.2, 0.25) is 5.91 Å². The summed E-state index contributed by atoms with van der Waals surface area (Å²) in [6.45, 7) is 2.49. The molecule has 28 heavy (non-hydrogen) atoms. The van der Waals surface area contributed by atoms with Gasteiger partial charge >= 0.3 is 12.4 Å². The molecule has 0 aliphatic carbocycles. The van der Waals surface area contributed by atoms with E-state index in [2.05, 4.69) is 0 Å². The Hall–Kier alpha value is -2.75. The predicted octanol–water partition coefficient (Wildman–Crippen LogP) is 3.96. The van der Waals surface area contributed by atoms with Crippen LogP contribution < -0.4 is 11.5 Å². The second kappa shape index (κ2) is 6.69. The molecule has 10 heteroatoms. The molecule has 0 fully saturated rings. The third-order valence-electron chi connectivity index (χ3n) is 4.38. The van der Waals surface area contributed by atoms with Crippen molar-refractivity contribution in [2.75, 3.05) is 5.73 Å². The van der Waals surface area contributed by atoms with E-state index in [4.69, 9.17) is 11.5 Å². The predicted molar refractivity (Wildman–Crippen MR) is 90.3 cm³/mol. The van der Waals surface area contributed by atoms with Crippen LogP contribution in [0.5, 0.6) is 0 Å². The summed E-state index contributed by atoms with van der Waals surface area (Å²) in [5, 5.41) is 9.61. The molecule has 2 aromatic rings. The molecule has 0 saturated heterocycles. The number of carbonyl (C=O) groups excluding carboxylic acids is 1. The molecule has 0 saturated carbocycles. The minimum atomic E-state index is -6.00. The van der Waals surface area contributed by atoms with Crippen molar-refractivity contribution in [1.29, 1.82) is 0 Å². The molecule has 0 bridgehead atoms. The topological polar surface area (TPSA) is 89.3 Å². The van der Waals surface area contributed by atoms with Crippen LogP contribution in [-0.2, 0) is 5.60 Å². The number of hydrogen-bond donors (Lipinski definition) is 3. The molecule has 2 rings (SSSR count). The van der Waals surface area contributed by atoms with Crippen LogP contribution in [0, 0.1) is 13.8 Å². The molecule has 152 valence electrons. The highest BCUT2D eigenvalue weighted by Gasteiger charge is 2.71. The molecule has 5 N–H and O–H groups in total. The molecular formula is C18H16F6N2O2. The van der Waals surface area contributed by atoms with Crippen LogP contribution in [0.25, 0.3) is 11.1 Å². The fraction of sp³-hybridized carbons (Fsp3) is 0.278. The van der Waals surface area contributed by atoms with Crippen LogP contribution in [-0.4, -0.2) is 23.4 Å². The van der Waals surface area contributed by atoms with E-state index in [1.807, 2.05) is 0 Å². The zero-order valence-electron chi connectivity index (χ0n) is 14.7. The average Bonchev–Trinajstić information content (AvgIpc) is 2.52. The summed E-state index contributed by atoms with van der Waals surface area (Å²) >= 11 is 0. The molecule has 0 heterocycles. The van der Waals surface area contributed by atoms with E-state index in [1.54, 1.807) is 0 Å². The maximum Gasteiger partial charge on any atom is 0.430 e. The van der Waals surface area contributed by atoms with Crippen LogP contribution in [0.2, 0.25) is 0 Å². The van der Waals surface area contributed by atoms with Gasteiger partial charge in [0.05, 0.1) is 0 Å². The van der Waals surface area contributed by atoms with Crippen LogP contribution in [0.4, 0.5) is 32.0 Å². The van der Waals surface area contributed by atoms with Crippen molar-refractivity contribution in [3.8, 4) is 11.1 Å². The van der Waals surface area contributed by atoms with E-state index in [0.717, 1.165) is 0 Å². The molecule has 0 unspecified atom stereocenters. The standard InChI is InChI=1S/C18H16F6N2O2/c1-8-6-10(16(28,17(19,20)21)18(22,23)24)7-9(2)13(8)14-11(15(26)27)4-3-5-12(14)25/h3-7,28H,25H2,1-2H3,(H2,26,27). The lowest BCUT2D eigenvalue weighted by Gasteiger charge is -2.33. The maximum atomic E-state index is 13.2. The average molecular weight is 406 g/mol. The molecule has 0 aromatic heterocycles. The number of nitrogen functional groups attached to an aromatic ring is 1. The number of hydrogen-bond acceptors (Lipinski definition) is 3. The smallest absolute Gasteiger partial charge is 0.398 e. The molecular weight excluding hydrogens is 390 g/mol. The van der Waals surface area contributed by atoms with Crippen molar-refractivity contribution in [2.45, 2.75) is 31.8 Å². The van der Waals surface area contributed by atoms with Crippen molar-refractivity contribution in [3.05, 3.63) is 52.6 Å². The van der Waals surface area contributed by atoms with Gasteiger partial charge in [0, 0.05) is 22.4 Å². The van der Waals surface area contributed by atoms with Gasteiger partial charge in [-0.2, -0.15) is 26.3 Å². The molecule has 1 amide bonds. The number of rotatable bonds is 3. The molecule has 0 aliphatic rings. The van der Waals surface area contributed by atoms with E-state index in [9.17, 15) is 36.2 Å². The summed E-state index contributed by atoms with van der Waals surface area (Å²) in [7, 11) is 0. The lowest BCUT2D eigenvalue weighted by atomic mass is 9.84. The lowest BCUT2D eigenvalue weighted by Crippen LogP contribution is -2.54. The Morgan fingerprint density at radius 3 is 1.79 bits per heavy atom. The number of amides is 1. The Labute approximate surface area is 155 Å². The quantitative estimate of drug-likeness (QED) is 0.532. The highest BCUT2D eigenvalue weighted by molar-refractivity contribution is 6.03. The highest BCUT2D eigenvalue weighted by atomic mass is 19.4. The van der Waals surface area contributed by atoms with Crippen LogP contribution in [0.1, 0.15) is 27.0 Å². The number of primary amides is 1. The first kappa shape index (κ1) is 21.5. The number of aliphatic hydroxyl groups is 1. The number of halogens is 6. The van der Waals surface area contributed by atoms with Gasteiger partial charge in [-0.05, 0) is 42.7 Å². The first-order valence-corrected chi connectivity index (χ1v) is 7.79. The van der Waals surface area contributed by atoms with Gasteiger partial charge in [-0.1, -0.05) is 18.2 Å². The molecule has 0 spiro atoms. The number of aryl methyl sites for hydroxylation is 2. The largest absolute Gasteiger partial charge is 0.430 e. The molecule has 4 nitrogen and oxygen atoms in total. The lowest BCUT2D eigenvalue weighted by molar-refractivity contribution is -0.376. The van der Waals surface area contributed by atoms with Crippen molar-refractivity contribution >= 4 is 11.6 Å². The Balaban J connectivity index is 2.84. The first-order chi connectivity index (χ1) is 12.6. The molecule has 0 aliphatic heterocycles. The van der Waals surface area contributed by atoms with Gasteiger partial charge in [0.25, 0.3) is 5.60 Å². The highest BCUT2D eigenvalue weighted by Crippen LogP contribution is 2.51. The van der Waals surface area contributed by atoms with Crippen LogP contribution in [0.3, 0.4) is 0 Å². The van der Waals surface area contributed by atoms with Gasteiger partial charge in [0.1, 0.15) is 0 Å². The number of anilines is 1. The zero-order chi connectivity index (χ0) is 21.7. The summed E-state index contributed by atoms with van der Waals surface area (Å²) in [6, 6.07) is 5.32. The third kappa shape index (κ3) is 3.28. The van der Waals surface area contributed by atoms with Gasteiger partial charge in [-0.3, -0.25) is 4.79 Å². The first-order valence-electron chi connectivity index (χ1n) is 7.79. The van der Waals surface area contributed by atoms with Crippen molar-refractivity contribution in [3.63, 3.8) is 0 Å². The van der Waals surface area contributed by atoms with Crippen LogP contribution >= 0.6 is 0 Å². The summed E-state index contributed by atoms with van der Waals surface area (Å²) in [6.07, 6.45) is -12.0. The minimum absolute atomic E-state index is 0.0409. The van der Waals surface area contributed by atoms with E-state index in [-0.39, 0.29) is 33.5 Å². The second-order valence-electron chi connectivity index (χ2n) is 6.33. The molecule has 0 radical (unpaired) electrons. The Morgan fingerprint density at radius 1 is 0.929 bits per heavy atom. The van der Waals surface area contributed by atoms with E-state index >= 15 is 0 Å². The zero-order valence-corrected chi connectivity index (χ0v) is 14.7. The number of alkyl halides is 6. The third-order valence-corrected chi connectivity index (χ3v) is 4.38. The summed E-state index contributed by atoms with van der Waals surface area (Å²) in [5.74, 6) is -0.868. The fourth-order valence-electron chi connectivity index (χ4n) is 3.11. The number of benzene rings is 2. The molecule has 2 aromatic carbocycles. The van der Waals surface area contributed by atoms with Gasteiger partial charge in [-0.15, -0.1) is 0 Å². The summed E-state index contributed by atoms with van der Waals surface area (Å²) in [4.78, 5) is 11.7. The van der Waals surface area contributed by atoms with E-state index < -0.39 is 29.4 Å². The SMILES string of the molecule is Cc1cc(C(O)(C(F)(F)F)C(F)(F)F)cc(C)c1-c1c(N)cccc1C(N)=O. The minimum Gasteiger partial charge on any atom is -0.398 e. The van der Waals surface area contributed by atoms with Gasteiger partial charge in [-0.25, -0.2) is 0 Å². The normalized spacial score (nSPS) is 12.9. The summed E-state index contributed by atoms with van der Waals surface area (Å²) in [5.41, 5.74) is 4.91. The monoisotopic (exact) mass is 406 g/mol. The summed E-state index contributed by atoms with van der Waals surface area (Å²) < 4.78 is 78.9. The van der Waals surface area contributed by atoms with Crippen molar-refractivity contribution < 1.29 is 36.2 Å². The second-order valence-corrected chi connectivity index (χ2v) is 6.33. The van der Waals surface area contributed by atoms with Crippen molar-refractivity contribution in [2.24, 2.45) is 5.73 Å². The molecule has 0 atom stereocenters. The van der Waals surface area contributed by atoms with Crippen LogP contribution in [0.15, 0.2) is 30.3 Å². The Bertz CT molecular complexity index is 898. The van der Waals surface area contributed by atoms with Crippen molar-refractivity contribution in [1.82, 2.24) is 0 Å². The van der Waals surface area contributed by atoms with E-state index in [0.29, 0.717) is 12.1 Å². The Morgan fingerprint density at radius 2 is 1.39 bits per heavy atom. The fourth-order valence-corrected chi connectivity index (χ4v) is 3.11. The Kier molecular flexibility index (Phi) is 5.15. The number of nitrogens with two attached hydrogens (primary N) is 2. The van der Waals surface area contributed by atoms with Gasteiger partial charge < -0.3 is 16.6 Å². The van der Waals surface area contributed by atoms with E-state index in [1.165, 1.54) is 32.0 Å². The van der Waals surface area contributed by atoms with Gasteiger partial charge in [0.15, 0.2) is 0 Å². The number of carbonyl (C=O) groups is 1.